The molecular formula is C72H86N10O15S. The lowest BCUT2D eigenvalue weighted by molar-refractivity contribution is -0.195. The molecule has 3 unspecified atom stereocenters. The normalized spacial score (nSPS) is 22.7. The maximum atomic E-state index is 13.8. The molecule has 6 atom stereocenters. The van der Waals surface area contributed by atoms with Gasteiger partial charge in [0.15, 0.2) is 16.9 Å². The molecule has 7 amide bonds. The van der Waals surface area contributed by atoms with Gasteiger partial charge in [0.25, 0.3) is 11.8 Å². The summed E-state index contributed by atoms with van der Waals surface area (Å²) in [5.41, 5.74) is 4.29. The van der Waals surface area contributed by atoms with Gasteiger partial charge >= 0.3 is 24.1 Å². The zero-order valence-corrected chi connectivity index (χ0v) is 56.9. The van der Waals surface area contributed by atoms with E-state index in [0.29, 0.717) is 77.7 Å². The lowest BCUT2D eigenvalue weighted by Crippen LogP contribution is -2.42. The molecule has 25 nitrogen and oxygen atoms in total. The lowest BCUT2D eigenvalue weighted by atomic mass is 9.76. The highest BCUT2D eigenvalue weighted by molar-refractivity contribution is 7.22. The van der Waals surface area contributed by atoms with Crippen LogP contribution in [0.25, 0.3) is 33.1 Å². The van der Waals surface area contributed by atoms with Crippen LogP contribution in [-0.2, 0) is 44.6 Å². The summed E-state index contributed by atoms with van der Waals surface area (Å²) in [6, 6.07) is 21.3. The standard InChI is InChI=1S/C72H86N10O15S/c1-44(50(38-73)49-22-23-51(77-63(49)65(90)91)47-21-20-46-15-12-30-81(54(46)35-47)67(92)79-66-78-52-16-9-10-17-57(52)98-66)75-43-70(4)41-71(5)39-69(2,3)40-72(71,42-70)95-33-31-80(6)68(93)94-32-13-14-45-19-24-55(96-62-37-48(83)36-56(97-62)64(88)89)53(34-45)76-59(85)27-28-74-58(84)18-8-7-11-29-82-60(86)25-26-61(82)87/h9-10,13-14,16-17,19-26,34-35,38,48,56,62,73,75,83H,7-8,11-12,15,18,27-33,36-37,39-43H2,1-6H3,(H,74,84)(H,76,85)(H,88,89)(H,90,91)(H,78,79,92)/b14-13+,50-44+,73-38?/t48-,56-,62+,70?,71?,72?/m0/s1. The van der Waals surface area contributed by atoms with Crippen molar-refractivity contribution in [2.45, 2.75) is 142 Å². The van der Waals surface area contributed by atoms with Crippen LogP contribution in [0.1, 0.15) is 139 Å². The summed E-state index contributed by atoms with van der Waals surface area (Å²) >= 11 is 1.40. The molecule has 8 N–H and O–H groups in total. The maximum Gasteiger partial charge on any atom is 0.409 e. The van der Waals surface area contributed by atoms with Crippen molar-refractivity contribution in [3.05, 3.63) is 119 Å². The molecule has 2 aromatic heterocycles. The first kappa shape index (κ1) is 71.4. The molecule has 98 heavy (non-hydrogen) atoms. The summed E-state index contributed by atoms with van der Waals surface area (Å²) in [7, 11) is 1.64. The number of pyridine rings is 1. The summed E-state index contributed by atoms with van der Waals surface area (Å²) in [6.45, 7) is 12.5. The van der Waals surface area contributed by atoms with Crippen molar-refractivity contribution in [1.29, 1.82) is 5.41 Å². The highest BCUT2D eigenvalue weighted by atomic mass is 32.1. The largest absolute Gasteiger partial charge is 0.479 e. The summed E-state index contributed by atoms with van der Waals surface area (Å²) in [5.74, 6) is -3.83. The van der Waals surface area contributed by atoms with Crippen LogP contribution in [0.4, 0.5) is 26.1 Å². The number of para-hydroxylation sites is 1. The number of ether oxygens (including phenoxy) is 4. The number of likely N-dealkylation sites (N-methyl/N-ethyl adjacent to an activating group) is 1. The molecule has 26 heteroatoms. The topological polar surface area (TPSA) is 342 Å². The van der Waals surface area contributed by atoms with Gasteiger partial charge in [-0.2, -0.15) is 0 Å². The molecule has 10 rings (SSSR count). The predicted molar refractivity (Wildman–Crippen MR) is 370 cm³/mol. The fourth-order valence-corrected chi connectivity index (χ4v) is 15.5. The van der Waals surface area contributed by atoms with Gasteiger partial charge in [0.05, 0.1) is 39.9 Å². The molecule has 0 bridgehead atoms. The van der Waals surface area contributed by atoms with E-state index in [9.17, 15) is 53.7 Å². The number of hydrogen-bond donors (Lipinski definition) is 8. The first-order chi connectivity index (χ1) is 46.7. The van der Waals surface area contributed by atoms with E-state index in [4.69, 9.17) is 24.4 Å². The number of hydrogen-bond acceptors (Lipinski definition) is 18. The number of imide groups is 1. The summed E-state index contributed by atoms with van der Waals surface area (Å²) in [4.78, 5) is 115. The van der Waals surface area contributed by atoms with E-state index in [1.165, 1.54) is 28.4 Å². The van der Waals surface area contributed by atoms with Gasteiger partial charge in [-0.05, 0) is 134 Å². The van der Waals surface area contributed by atoms with Crippen LogP contribution in [0.5, 0.6) is 5.75 Å². The third-order valence-corrected chi connectivity index (χ3v) is 19.9. The summed E-state index contributed by atoms with van der Waals surface area (Å²) < 4.78 is 25.2. The second-order valence-electron chi connectivity index (χ2n) is 27.4. The fraction of sp³-hybridized carbons (Fsp3) is 0.458. The highest BCUT2D eigenvalue weighted by Gasteiger charge is 2.66. The third-order valence-electron chi connectivity index (χ3n) is 18.9. The van der Waals surface area contributed by atoms with E-state index in [2.05, 4.69) is 58.9 Å². The average Bonchev–Trinajstić information content (AvgIpc) is 1.54. The summed E-state index contributed by atoms with van der Waals surface area (Å²) in [6.07, 6.45) is 9.22. The van der Waals surface area contributed by atoms with Crippen LogP contribution in [-0.4, -0.2) is 166 Å². The number of carboxylic acids is 2. The van der Waals surface area contributed by atoms with Gasteiger partial charge in [0.2, 0.25) is 18.1 Å². The minimum absolute atomic E-state index is 0.0193. The number of allylic oxidation sites excluding steroid dienone is 2. The van der Waals surface area contributed by atoms with E-state index < -0.39 is 48.0 Å². The van der Waals surface area contributed by atoms with Crippen molar-refractivity contribution in [2.75, 3.05) is 68.5 Å². The van der Waals surface area contributed by atoms with Crippen LogP contribution in [0.2, 0.25) is 0 Å². The number of benzene rings is 3. The van der Waals surface area contributed by atoms with E-state index in [0.717, 1.165) is 59.0 Å². The SMILES string of the molecule is C/C(NCC1(C)CC2(C)CC(C)(C)CC2(OCCN(C)C(=O)OC/C=C/c2ccc(O[C@H]3C[C@@H](O)C[C@@H](C(=O)O)O3)c(NC(=O)CCNC(=O)CCCCCN3C(=O)C=CC3=O)c2)C1)=C(/C=N)c1ccc(-c2ccc3c(c2)N(C(=O)Nc2nc4ccccc4s2)CCC3)nc1C(=O)O. The number of carbonyl (C=O) groups excluding carboxylic acids is 6. The number of fused-ring (bicyclic) bond motifs is 3. The second kappa shape index (κ2) is 30.6. The predicted octanol–water partition coefficient (Wildman–Crippen LogP) is 10.4. The van der Waals surface area contributed by atoms with E-state index in [1.807, 2.05) is 49.4 Å². The monoisotopic (exact) mass is 1360 g/mol. The van der Waals surface area contributed by atoms with Gasteiger partial charge in [0, 0.05) is 112 Å². The smallest absolute Gasteiger partial charge is 0.409 e. The number of aromatic nitrogens is 2. The number of aryl methyl sites for hydroxylation is 1. The van der Waals surface area contributed by atoms with Gasteiger partial charge in [-0.25, -0.2) is 29.1 Å². The van der Waals surface area contributed by atoms with Crippen molar-refractivity contribution in [3.8, 4) is 17.0 Å². The molecule has 5 heterocycles. The molecule has 2 saturated carbocycles. The van der Waals surface area contributed by atoms with Crippen molar-refractivity contribution in [1.82, 2.24) is 30.4 Å². The molecule has 2 aliphatic carbocycles. The van der Waals surface area contributed by atoms with Gasteiger partial charge in [-0.1, -0.05) is 81.9 Å². The van der Waals surface area contributed by atoms with Gasteiger partial charge < -0.3 is 60.5 Å². The third kappa shape index (κ3) is 17.1. The van der Waals surface area contributed by atoms with E-state index in [1.54, 1.807) is 54.4 Å². The number of aliphatic carboxylic acids is 1. The van der Waals surface area contributed by atoms with Crippen molar-refractivity contribution in [2.24, 2.45) is 16.2 Å². The Bertz CT molecular complexity index is 3950. The lowest BCUT2D eigenvalue weighted by Gasteiger charge is -2.38. The number of aliphatic hydroxyl groups excluding tert-OH is 1. The van der Waals surface area contributed by atoms with Crippen molar-refractivity contribution in [3.63, 3.8) is 0 Å². The van der Waals surface area contributed by atoms with Gasteiger partial charge in [-0.15, -0.1) is 0 Å². The highest BCUT2D eigenvalue weighted by Crippen LogP contribution is 2.69. The molecule has 520 valence electrons. The van der Waals surface area contributed by atoms with Gasteiger partial charge in [-0.3, -0.25) is 34.3 Å². The van der Waals surface area contributed by atoms with Crippen molar-refractivity contribution < 1.29 is 72.6 Å². The number of thiazole rings is 1. The van der Waals surface area contributed by atoms with Crippen LogP contribution in [0.3, 0.4) is 0 Å². The summed E-state index contributed by atoms with van der Waals surface area (Å²) in [5, 5.41) is 51.8. The number of rotatable bonds is 28. The Balaban J connectivity index is 0.724. The molecule has 3 aromatic carbocycles. The molecule has 1 saturated heterocycles. The number of unbranched alkanes of at least 4 members (excludes halogenated alkanes) is 2. The van der Waals surface area contributed by atoms with E-state index >= 15 is 0 Å². The number of urea groups is 1. The minimum Gasteiger partial charge on any atom is -0.479 e. The first-order valence-electron chi connectivity index (χ1n) is 33.2. The Morgan fingerprint density at radius 1 is 0.867 bits per heavy atom. The number of anilines is 3. The molecule has 0 radical (unpaired) electrons. The number of amides is 7. The number of aliphatic hydroxyl groups is 1. The molecule has 5 aromatic rings. The Kier molecular flexibility index (Phi) is 22.3. The Morgan fingerprint density at radius 3 is 2.41 bits per heavy atom. The second-order valence-corrected chi connectivity index (χ2v) is 28.5. The zero-order chi connectivity index (χ0) is 70.1. The van der Waals surface area contributed by atoms with Crippen LogP contribution >= 0.6 is 11.3 Å². The number of nitrogens with zero attached hydrogens (tertiary/aromatic N) is 5. The molecule has 3 fully saturated rings. The molecular weight excluding hydrogens is 1280 g/mol. The quantitative estimate of drug-likeness (QED) is 0.0131. The number of aromatic carboxylic acids is 1. The van der Waals surface area contributed by atoms with Crippen LogP contribution in [0.15, 0.2) is 96.7 Å². The van der Waals surface area contributed by atoms with Crippen molar-refractivity contribution >= 4 is 104 Å². The Labute approximate surface area is 572 Å². The zero-order valence-electron chi connectivity index (χ0n) is 56.1. The number of carbonyl (C=O) groups is 8. The Morgan fingerprint density at radius 2 is 1.65 bits per heavy atom. The maximum absolute atomic E-state index is 13.8. The Hall–Kier alpha value is -9.37. The molecule has 0 spiro atoms. The average molecular weight is 1360 g/mol. The minimum atomic E-state index is -1.31. The van der Waals surface area contributed by atoms with Crippen LogP contribution in [0, 0.1) is 21.7 Å². The van der Waals surface area contributed by atoms with Gasteiger partial charge in [0.1, 0.15) is 12.4 Å². The number of carboxylic acid groups (broad SMARTS) is 2. The molecule has 5 aliphatic rings. The van der Waals surface area contributed by atoms with Crippen LogP contribution < -0.4 is 30.9 Å². The number of nitrogens with one attached hydrogen (secondary N) is 5. The van der Waals surface area contributed by atoms with E-state index in [-0.39, 0.29) is 121 Å². The fourth-order valence-electron chi connectivity index (χ4n) is 14.7. The first-order valence-corrected chi connectivity index (χ1v) is 34.0. The molecule has 3 aliphatic heterocycles.